The first-order chi connectivity index (χ1) is 26.3. The third kappa shape index (κ3) is 7.53. The van der Waals surface area contributed by atoms with Crippen molar-refractivity contribution in [3.8, 4) is 5.75 Å². The van der Waals surface area contributed by atoms with E-state index in [1.165, 1.54) is 84.1 Å². The zero-order valence-electron chi connectivity index (χ0n) is 32.2. The highest BCUT2D eigenvalue weighted by atomic mass is 16.4. The lowest BCUT2D eigenvalue weighted by Gasteiger charge is -2.49. The molecule has 0 heterocycles. The molecule has 0 radical (unpaired) electrons. The Balaban J connectivity index is 1.09. The van der Waals surface area contributed by atoms with Gasteiger partial charge >= 0.3 is 5.97 Å². The van der Waals surface area contributed by atoms with Crippen LogP contribution in [0.3, 0.4) is 0 Å². The fourth-order valence-corrected chi connectivity index (χ4v) is 11.9. The van der Waals surface area contributed by atoms with Gasteiger partial charge in [0, 0.05) is 10.8 Å². The quantitative estimate of drug-likeness (QED) is 0.136. The first-order valence-corrected chi connectivity index (χ1v) is 21.3. The Labute approximate surface area is 323 Å². The maximum atomic E-state index is 13.5. The molecule has 54 heavy (non-hydrogen) atoms. The van der Waals surface area contributed by atoms with Crippen LogP contribution in [0.25, 0.3) is 12.2 Å². The van der Waals surface area contributed by atoms with Gasteiger partial charge in [0.05, 0.1) is 5.92 Å². The van der Waals surface area contributed by atoms with Crippen molar-refractivity contribution in [2.24, 2.45) is 35.3 Å². The number of rotatable bonds is 11. The molecule has 0 unspecified atom stereocenters. The van der Waals surface area contributed by atoms with E-state index in [0.717, 1.165) is 63.8 Å². The first-order valence-electron chi connectivity index (χ1n) is 21.3. The molecule has 4 heteroatoms. The van der Waals surface area contributed by atoms with Crippen LogP contribution in [0.4, 0.5) is 0 Å². The van der Waals surface area contributed by atoms with Crippen LogP contribution in [0.15, 0.2) is 96.1 Å². The molecule has 3 aromatic carbocycles. The topological polar surface area (TPSA) is 83.6 Å². The van der Waals surface area contributed by atoms with E-state index < -0.39 is 17.3 Å². The summed E-state index contributed by atoms with van der Waals surface area (Å²) in [5.74, 6) is 1.19. The summed E-state index contributed by atoms with van der Waals surface area (Å²) in [4.78, 5) is 13.5. The van der Waals surface area contributed by atoms with Gasteiger partial charge < -0.3 is 15.9 Å². The molecule has 6 aliphatic carbocycles. The molecule has 3 aromatic rings. The van der Waals surface area contributed by atoms with Crippen molar-refractivity contribution in [1.82, 2.24) is 0 Å². The number of benzene rings is 3. The van der Waals surface area contributed by atoms with E-state index in [-0.39, 0.29) is 5.41 Å². The van der Waals surface area contributed by atoms with Gasteiger partial charge in [0.15, 0.2) is 0 Å². The lowest BCUT2D eigenvalue weighted by atomic mass is 9.54. The fraction of sp³-hybridized carbons (Fsp3) is 0.500. The molecule has 284 valence electrons. The Kier molecular flexibility index (Phi) is 11.0. The summed E-state index contributed by atoms with van der Waals surface area (Å²) in [6.45, 7) is 0.767. The minimum atomic E-state index is -0.651. The lowest BCUT2D eigenvalue weighted by molar-refractivity contribution is -0.145. The predicted molar refractivity (Wildman–Crippen MR) is 220 cm³/mol. The number of aromatic hydroxyl groups is 1. The van der Waals surface area contributed by atoms with Crippen molar-refractivity contribution < 1.29 is 15.0 Å². The molecule has 9 rings (SSSR count). The highest BCUT2D eigenvalue weighted by Crippen LogP contribution is 2.55. The average molecular weight is 724 g/mol. The summed E-state index contributed by atoms with van der Waals surface area (Å²) in [7, 11) is 0. The van der Waals surface area contributed by atoms with E-state index in [1.54, 1.807) is 5.57 Å². The number of unbranched alkanes of at least 4 members (excludes halogenated alkanes) is 3. The zero-order valence-corrected chi connectivity index (χ0v) is 32.2. The molecule has 0 saturated heterocycles. The summed E-state index contributed by atoms with van der Waals surface area (Å²) in [6, 6.07) is 26.0. The number of hydrogen-bond donors (Lipinski definition) is 3. The third-order valence-electron chi connectivity index (χ3n) is 14.8. The molecule has 4 nitrogen and oxygen atoms in total. The minimum Gasteiger partial charge on any atom is -0.508 e. The van der Waals surface area contributed by atoms with Crippen LogP contribution in [-0.2, 0) is 22.0 Å². The Morgan fingerprint density at radius 2 is 1.56 bits per heavy atom. The van der Waals surface area contributed by atoms with Crippen LogP contribution in [0.2, 0.25) is 0 Å². The van der Waals surface area contributed by atoms with E-state index >= 15 is 0 Å². The Morgan fingerprint density at radius 3 is 2.33 bits per heavy atom. The SMILES string of the molecule is NCCC1=C[C@@H](CCCCCC[C@H]2C/C3=C\C[C@H](C(=O)O)[C@@]4(CC[C@@H]5C=c6ccccc6=C[C@@H]5C4)c4cccc(c4)C[C@]2(c2ccc(O)cc2)CC3)CC1. The second-order valence-electron chi connectivity index (χ2n) is 17.8. The highest BCUT2D eigenvalue weighted by molar-refractivity contribution is 5.73. The van der Waals surface area contributed by atoms with E-state index in [4.69, 9.17) is 5.73 Å². The van der Waals surface area contributed by atoms with Gasteiger partial charge in [0.2, 0.25) is 0 Å². The first kappa shape index (κ1) is 37.1. The van der Waals surface area contributed by atoms with Crippen LogP contribution >= 0.6 is 0 Å². The predicted octanol–water partition coefficient (Wildman–Crippen LogP) is 9.66. The maximum Gasteiger partial charge on any atom is 0.307 e. The number of carboxylic acids is 1. The Morgan fingerprint density at radius 1 is 0.778 bits per heavy atom. The molecule has 6 aliphatic rings. The van der Waals surface area contributed by atoms with Crippen molar-refractivity contribution in [3.05, 3.63) is 123 Å². The smallest absolute Gasteiger partial charge is 0.307 e. The number of hydrogen-bond acceptors (Lipinski definition) is 3. The van der Waals surface area contributed by atoms with Crippen molar-refractivity contribution in [2.75, 3.05) is 6.54 Å². The normalized spacial score (nSPS) is 31.1. The van der Waals surface area contributed by atoms with Crippen LogP contribution < -0.4 is 16.2 Å². The van der Waals surface area contributed by atoms with Crippen molar-refractivity contribution in [1.29, 1.82) is 0 Å². The summed E-state index contributed by atoms with van der Waals surface area (Å²) in [5.41, 5.74) is 12.3. The van der Waals surface area contributed by atoms with Crippen LogP contribution in [-0.4, -0.2) is 22.7 Å². The summed E-state index contributed by atoms with van der Waals surface area (Å²) in [5, 5.41) is 24.1. The second kappa shape index (κ2) is 16.1. The van der Waals surface area contributed by atoms with Gasteiger partial charge in [0.1, 0.15) is 5.75 Å². The largest absolute Gasteiger partial charge is 0.508 e. The highest BCUT2D eigenvalue weighted by Gasteiger charge is 2.50. The van der Waals surface area contributed by atoms with Gasteiger partial charge in [-0.15, -0.1) is 0 Å². The Hall–Kier alpha value is -3.89. The molecular formula is C50H61NO3. The van der Waals surface area contributed by atoms with E-state index in [2.05, 4.69) is 85.0 Å². The van der Waals surface area contributed by atoms with E-state index in [0.29, 0.717) is 29.9 Å². The van der Waals surface area contributed by atoms with Gasteiger partial charge in [-0.2, -0.15) is 0 Å². The minimum absolute atomic E-state index is 0.0380. The van der Waals surface area contributed by atoms with Gasteiger partial charge in [0.25, 0.3) is 0 Å². The number of phenols is 1. The molecule has 2 fully saturated rings. The molecule has 1 spiro atoms. The molecule has 7 atom stereocenters. The van der Waals surface area contributed by atoms with Crippen molar-refractivity contribution in [3.63, 3.8) is 0 Å². The maximum absolute atomic E-state index is 13.5. The standard InChI is InChI=1S/C50H61NO3/c51-27-24-37-15-14-35(28-37)8-3-1-2-4-12-44-29-36-16-21-47(48(53)54)50(26-23-41-31-39-10-5-6-11-40(39)32-42(41)34-50)45-13-7-9-38(30-45)33-49(44,25-22-36)43-17-19-46(52)20-18-43/h5-7,9-11,13,16-20,28,30-32,35,41-42,44,47,52H,1-4,8,12,14-15,21-27,29,33-34,51H2,(H,53,54)/b36-16-/t35-,41+,42+,44-,47+,49-,50+/m0/s1. The van der Waals surface area contributed by atoms with Gasteiger partial charge in [-0.05, 0) is 153 Å². The molecule has 2 saturated carbocycles. The molecule has 4 bridgehead atoms. The monoisotopic (exact) mass is 723 g/mol. The van der Waals surface area contributed by atoms with Crippen LogP contribution in [0.1, 0.15) is 119 Å². The molecule has 4 N–H and O–H groups in total. The van der Waals surface area contributed by atoms with Crippen molar-refractivity contribution >= 4 is 18.1 Å². The van der Waals surface area contributed by atoms with Crippen LogP contribution in [0, 0.1) is 29.6 Å². The number of phenolic OH excluding ortho intramolecular Hbond substituents is 1. The number of fused-ring (bicyclic) bond motifs is 6. The Bertz CT molecular complexity index is 1990. The zero-order chi connectivity index (χ0) is 37.1. The van der Waals surface area contributed by atoms with Gasteiger partial charge in [-0.25, -0.2) is 0 Å². The van der Waals surface area contributed by atoms with Gasteiger partial charge in [-0.1, -0.05) is 122 Å². The second-order valence-corrected chi connectivity index (χ2v) is 17.8. The number of carboxylic acid groups (broad SMARTS) is 1. The number of carbonyl (C=O) groups is 1. The molecular weight excluding hydrogens is 663 g/mol. The van der Waals surface area contributed by atoms with Crippen molar-refractivity contribution in [2.45, 2.75) is 120 Å². The van der Waals surface area contributed by atoms with E-state index in [9.17, 15) is 15.0 Å². The fourth-order valence-electron chi connectivity index (χ4n) is 11.9. The number of allylic oxidation sites excluding steroid dienone is 3. The average Bonchev–Trinajstić information content (AvgIpc) is 3.63. The summed E-state index contributed by atoms with van der Waals surface area (Å²) < 4.78 is 0. The third-order valence-corrected chi connectivity index (χ3v) is 14.8. The number of aliphatic carboxylic acids is 1. The molecule has 0 amide bonds. The lowest BCUT2D eigenvalue weighted by Crippen LogP contribution is -2.47. The molecule has 0 aromatic heterocycles. The number of nitrogens with two attached hydrogens (primary N) is 1. The summed E-state index contributed by atoms with van der Waals surface area (Å²) in [6.07, 6.45) is 28.3. The summed E-state index contributed by atoms with van der Waals surface area (Å²) >= 11 is 0. The molecule has 0 aliphatic heterocycles. The van der Waals surface area contributed by atoms with Gasteiger partial charge in [-0.3, -0.25) is 4.79 Å². The van der Waals surface area contributed by atoms with E-state index in [1.807, 2.05) is 12.1 Å². The van der Waals surface area contributed by atoms with Crippen LogP contribution in [0.5, 0.6) is 5.75 Å².